The fourth-order valence-electron chi connectivity index (χ4n) is 2.68. The Balaban J connectivity index is 2.40. The third-order valence-corrected chi connectivity index (χ3v) is 4.45. The van der Waals surface area contributed by atoms with Crippen molar-refractivity contribution in [2.45, 2.75) is 65.5 Å². The van der Waals surface area contributed by atoms with E-state index in [-0.39, 0.29) is 0 Å². The molecule has 0 spiro atoms. The Bertz CT molecular complexity index is 309. The number of nitrogens with zero attached hydrogens (tertiary/aromatic N) is 1. The minimum Gasteiger partial charge on any atom is -0.386 e. The monoisotopic (exact) mass is 264 g/mol. The number of nitrogens with one attached hydrogen (secondary N) is 1. The summed E-state index contributed by atoms with van der Waals surface area (Å²) in [6.07, 6.45) is 4.99. The molecule has 1 saturated carbocycles. The Morgan fingerprint density at radius 3 is 1.95 bits per heavy atom. The van der Waals surface area contributed by atoms with Gasteiger partial charge in [0.1, 0.15) is 0 Å². The molecular formula is C17H32N2. The lowest BCUT2D eigenvalue weighted by atomic mass is 9.89. The minimum atomic E-state index is 0.529. The first-order valence-electron chi connectivity index (χ1n) is 7.69. The van der Waals surface area contributed by atoms with E-state index in [9.17, 15) is 0 Å². The lowest BCUT2D eigenvalue weighted by Crippen LogP contribution is -2.41. The maximum absolute atomic E-state index is 4.22. The van der Waals surface area contributed by atoms with E-state index in [1.807, 2.05) is 0 Å². The molecule has 19 heavy (non-hydrogen) atoms. The van der Waals surface area contributed by atoms with Crippen molar-refractivity contribution >= 4 is 0 Å². The van der Waals surface area contributed by atoms with Crippen molar-refractivity contribution in [2.75, 3.05) is 7.05 Å². The first-order valence-corrected chi connectivity index (χ1v) is 7.69. The van der Waals surface area contributed by atoms with Crippen LogP contribution in [-0.4, -0.2) is 24.0 Å². The van der Waals surface area contributed by atoms with Gasteiger partial charge in [-0.05, 0) is 37.5 Å². The average Bonchev–Trinajstić information content (AvgIpc) is 2.37. The molecule has 0 atom stereocenters. The van der Waals surface area contributed by atoms with Crippen molar-refractivity contribution in [3.63, 3.8) is 0 Å². The zero-order valence-electron chi connectivity index (χ0n) is 13.5. The molecule has 0 aromatic carbocycles. The van der Waals surface area contributed by atoms with E-state index < -0.39 is 0 Å². The maximum atomic E-state index is 4.22. The van der Waals surface area contributed by atoms with Crippen LogP contribution in [-0.2, 0) is 0 Å². The maximum Gasteiger partial charge on any atom is 0.0285 e. The predicted molar refractivity (Wildman–Crippen MR) is 84.9 cm³/mol. The lowest BCUT2D eigenvalue weighted by molar-refractivity contribution is 0.201. The standard InChI is InChI=1S/C17H32N2/c1-12(2)14(5)18-16-8-10-17(11-9-16)19(7)15(6)13(3)4/h12-13,16-18H,5-6,8-11H2,1-4,7H3. The number of allylic oxidation sites excluding steroid dienone is 2. The van der Waals surface area contributed by atoms with Gasteiger partial charge in [0.25, 0.3) is 0 Å². The van der Waals surface area contributed by atoms with Gasteiger partial charge in [0.15, 0.2) is 0 Å². The smallest absolute Gasteiger partial charge is 0.0285 e. The van der Waals surface area contributed by atoms with E-state index in [1.54, 1.807) is 0 Å². The molecule has 0 aromatic heterocycles. The van der Waals surface area contributed by atoms with Gasteiger partial charge >= 0.3 is 0 Å². The molecule has 110 valence electrons. The van der Waals surface area contributed by atoms with Crippen LogP contribution in [0, 0.1) is 11.8 Å². The van der Waals surface area contributed by atoms with Crippen molar-refractivity contribution in [3.8, 4) is 0 Å². The molecule has 0 heterocycles. The first-order chi connectivity index (χ1) is 8.82. The topological polar surface area (TPSA) is 15.3 Å². The van der Waals surface area contributed by atoms with E-state index in [4.69, 9.17) is 0 Å². The summed E-state index contributed by atoms with van der Waals surface area (Å²) < 4.78 is 0. The average molecular weight is 264 g/mol. The summed E-state index contributed by atoms with van der Waals surface area (Å²) in [5.41, 5.74) is 2.45. The quantitative estimate of drug-likeness (QED) is 0.775. The second kappa shape index (κ2) is 7.02. The highest BCUT2D eigenvalue weighted by Gasteiger charge is 2.25. The molecule has 0 amide bonds. The van der Waals surface area contributed by atoms with Crippen LogP contribution in [0.1, 0.15) is 53.4 Å². The van der Waals surface area contributed by atoms with E-state index in [2.05, 4.69) is 58.1 Å². The summed E-state index contributed by atoms with van der Waals surface area (Å²) in [7, 11) is 2.20. The first kappa shape index (κ1) is 16.1. The predicted octanol–water partition coefficient (Wildman–Crippen LogP) is 4.16. The lowest BCUT2D eigenvalue weighted by Gasteiger charge is -2.38. The van der Waals surface area contributed by atoms with Gasteiger partial charge in [0, 0.05) is 30.5 Å². The van der Waals surface area contributed by atoms with E-state index >= 15 is 0 Å². The van der Waals surface area contributed by atoms with Crippen LogP contribution in [0.2, 0.25) is 0 Å². The summed E-state index contributed by atoms with van der Waals surface area (Å²) in [4.78, 5) is 2.40. The van der Waals surface area contributed by atoms with Crippen LogP contribution in [0.5, 0.6) is 0 Å². The fourth-order valence-corrected chi connectivity index (χ4v) is 2.68. The molecule has 2 heteroatoms. The molecule has 1 N–H and O–H groups in total. The van der Waals surface area contributed by atoms with Gasteiger partial charge in [-0.3, -0.25) is 0 Å². The number of hydrogen-bond acceptors (Lipinski definition) is 2. The zero-order valence-corrected chi connectivity index (χ0v) is 13.5. The van der Waals surface area contributed by atoms with Crippen LogP contribution >= 0.6 is 0 Å². The highest BCUT2D eigenvalue weighted by atomic mass is 15.1. The van der Waals surface area contributed by atoms with Gasteiger partial charge in [-0.1, -0.05) is 40.9 Å². The molecule has 0 aromatic rings. The summed E-state index contributed by atoms with van der Waals surface area (Å²) in [6.45, 7) is 17.2. The highest BCUT2D eigenvalue weighted by molar-refractivity contribution is 5.01. The molecule has 0 bridgehead atoms. The Labute approximate surface area is 120 Å². The van der Waals surface area contributed by atoms with Gasteiger partial charge in [-0.15, -0.1) is 0 Å². The molecule has 1 aliphatic carbocycles. The fraction of sp³-hybridized carbons (Fsp3) is 0.765. The van der Waals surface area contributed by atoms with E-state index in [0.29, 0.717) is 23.9 Å². The molecule has 1 fully saturated rings. The van der Waals surface area contributed by atoms with E-state index in [1.165, 1.54) is 37.1 Å². The molecule has 0 saturated heterocycles. The minimum absolute atomic E-state index is 0.529. The van der Waals surface area contributed by atoms with Gasteiger partial charge < -0.3 is 10.2 Å². The van der Waals surface area contributed by atoms with Crippen LogP contribution in [0.15, 0.2) is 24.6 Å². The SMILES string of the molecule is C=C(NC1CCC(N(C)C(=C)C(C)C)CC1)C(C)C. The van der Waals surface area contributed by atoms with Crippen molar-refractivity contribution in [1.82, 2.24) is 10.2 Å². The number of hydrogen-bond donors (Lipinski definition) is 1. The molecule has 0 radical (unpaired) electrons. The Hall–Kier alpha value is -0.920. The summed E-state index contributed by atoms with van der Waals surface area (Å²) >= 11 is 0. The van der Waals surface area contributed by atoms with Crippen molar-refractivity contribution in [3.05, 3.63) is 24.6 Å². The van der Waals surface area contributed by atoms with Crippen LogP contribution in [0.4, 0.5) is 0 Å². The summed E-state index contributed by atoms with van der Waals surface area (Å²) in [5.74, 6) is 1.07. The van der Waals surface area contributed by atoms with E-state index in [0.717, 1.165) is 0 Å². The normalized spacial score (nSPS) is 23.5. The molecule has 0 unspecified atom stereocenters. The summed E-state index contributed by atoms with van der Waals surface area (Å²) in [5, 5.41) is 3.59. The van der Waals surface area contributed by atoms with Crippen LogP contribution < -0.4 is 5.32 Å². The molecule has 1 aliphatic rings. The second-order valence-corrected chi connectivity index (χ2v) is 6.59. The van der Waals surface area contributed by atoms with Gasteiger partial charge in [-0.25, -0.2) is 0 Å². The Morgan fingerprint density at radius 2 is 1.53 bits per heavy atom. The highest BCUT2D eigenvalue weighted by Crippen LogP contribution is 2.27. The van der Waals surface area contributed by atoms with Crippen LogP contribution in [0.25, 0.3) is 0 Å². The molecule has 2 nitrogen and oxygen atoms in total. The Kier molecular flexibility index (Phi) is 5.96. The van der Waals surface area contributed by atoms with Crippen molar-refractivity contribution < 1.29 is 0 Å². The van der Waals surface area contributed by atoms with Crippen molar-refractivity contribution in [1.29, 1.82) is 0 Å². The zero-order chi connectivity index (χ0) is 14.6. The second-order valence-electron chi connectivity index (χ2n) is 6.59. The number of rotatable bonds is 6. The van der Waals surface area contributed by atoms with Gasteiger partial charge in [0.2, 0.25) is 0 Å². The molecular weight excluding hydrogens is 232 g/mol. The molecule has 0 aliphatic heterocycles. The Morgan fingerprint density at radius 1 is 1.00 bits per heavy atom. The molecule has 1 rings (SSSR count). The van der Waals surface area contributed by atoms with Crippen molar-refractivity contribution in [2.24, 2.45) is 11.8 Å². The third-order valence-electron chi connectivity index (χ3n) is 4.45. The third kappa shape index (κ3) is 4.59. The van der Waals surface area contributed by atoms with Gasteiger partial charge in [0.05, 0.1) is 0 Å². The summed E-state index contributed by atoms with van der Waals surface area (Å²) in [6, 6.07) is 1.28. The van der Waals surface area contributed by atoms with Gasteiger partial charge in [-0.2, -0.15) is 0 Å². The van der Waals surface area contributed by atoms with Crippen LogP contribution in [0.3, 0.4) is 0 Å². The largest absolute Gasteiger partial charge is 0.386 e.